The van der Waals surface area contributed by atoms with Crippen molar-refractivity contribution in [3.63, 3.8) is 0 Å². The van der Waals surface area contributed by atoms with Crippen LogP contribution in [0.3, 0.4) is 0 Å². The number of nitrogens with zero attached hydrogens (tertiary/aromatic N) is 2. The number of nitrogens with one attached hydrogen (secondary N) is 1. The summed E-state index contributed by atoms with van der Waals surface area (Å²) in [6, 6.07) is 14.2. The molecule has 0 aliphatic carbocycles. The Balaban J connectivity index is 1.49. The van der Waals surface area contributed by atoms with Crippen molar-refractivity contribution in [3.8, 4) is 5.75 Å². The van der Waals surface area contributed by atoms with Gasteiger partial charge < -0.3 is 15.0 Å². The molecule has 0 saturated heterocycles. The molecule has 3 aromatic rings. The number of Topliss-reactive ketones (excluding diaryl/α,β-unsaturated/α-hetero) is 1. The zero-order valence-electron chi connectivity index (χ0n) is 17.5. The number of amides is 1. The molecule has 0 unspecified atom stereocenters. The number of halogens is 3. The average Bonchev–Trinajstić information content (AvgIpc) is 2.83. The quantitative estimate of drug-likeness (QED) is 0.444. The predicted octanol–water partition coefficient (Wildman–Crippen LogP) is 5.41. The van der Waals surface area contributed by atoms with Gasteiger partial charge in [-0.1, -0.05) is 12.1 Å². The van der Waals surface area contributed by atoms with Crippen molar-refractivity contribution in [1.29, 1.82) is 0 Å². The minimum atomic E-state index is -0.606. The Kier molecular flexibility index (Phi) is 6.05. The summed E-state index contributed by atoms with van der Waals surface area (Å²) in [6.07, 6.45) is 4.53. The minimum absolute atomic E-state index is 0.125. The van der Waals surface area contributed by atoms with Crippen molar-refractivity contribution in [2.45, 2.75) is 6.10 Å². The van der Waals surface area contributed by atoms with Crippen LogP contribution < -0.4 is 15.0 Å². The lowest BCUT2D eigenvalue weighted by atomic mass is 9.93. The van der Waals surface area contributed by atoms with Gasteiger partial charge in [0, 0.05) is 28.1 Å². The number of aromatic nitrogens is 1. The highest BCUT2D eigenvalue weighted by Crippen LogP contribution is 2.37. The number of para-hydroxylation sites is 1. The molecule has 0 saturated carbocycles. The predicted molar refractivity (Wildman–Crippen MR) is 132 cm³/mol. The number of rotatable bonds is 4. The van der Waals surface area contributed by atoms with Crippen molar-refractivity contribution in [2.75, 3.05) is 11.4 Å². The van der Waals surface area contributed by atoms with Crippen molar-refractivity contribution in [2.24, 2.45) is 0 Å². The van der Waals surface area contributed by atoms with Crippen LogP contribution in [0.2, 0.25) is 0 Å². The van der Waals surface area contributed by atoms with E-state index in [2.05, 4.69) is 42.2 Å². The highest BCUT2D eigenvalue weighted by molar-refractivity contribution is 9.11. The number of benzene rings is 2. The SMILES string of the molecule is O=C(NCC1=C[C@H]2Oc3ccccc3C(=O)C2=CN1c1ncc(Br)cc1Br)c1ccc(F)cc1. The third-order valence-corrected chi connectivity index (χ3v) is 6.45. The van der Waals surface area contributed by atoms with Gasteiger partial charge in [-0.25, -0.2) is 9.37 Å². The van der Waals surface area contributed by atoms with Gasteiger partial charge in [0.05, 0.1) is 22.2 Å². The van der Waals surface area contributed by atoms with Crippen LogP contribution in [0.15, 0.2) is 93.3 Å². The number of hydrogen-bond donors (Lipinski definition) is 1. The van der Waals surface area contributed by atoms with E-state index in [1.54, 1.807) is 41.6 Å². The number of ether oxygens (including phenoxy) is 1. The summed E-state index contributed by atoms with van der Waals surface area (Å²) in [5.41, 5.74) is 1.95. The second-order valence-electron chi connectivity index (χ2n) is 7.62. The van der Waals surface area contributed by atoms with E-state index in [0.717, 1.165) is 4.47 Å². The zero-order valence-corrected chi connectivity index (χ0v) is 20.6. The highest BCUT2D eigenvalue weighted by atomic mass is 79.9. The second-order valence-corrected chi connectivity index (χ2v) is 9.39. The number of anilines is 1. The van der Waals surface area contributed by atoms with Gasteiger partial charge in [0.25, 0.3) is 5.91 Å². The van der Waals surface area contributed by atoms with E-state index in [-0.39, 0.29) is 18.2 Å². The summed E-state index contributed by atoms with van der Waals surface area (Å²) >= 11 is 6.93. The van der Waals surface area contributed by atoms with Gasteiger partial charge in [0.15, 0.2) is 11.6 Å². The smallest absolute Gasteiger partial charge is 0.251 e. The number of carbonyl (C=O) groups is 2. The molecular weight excluding hydrogens is 569 g/mol. The van der Waals surface area contributed by atoms with Gasteiger partial charge in [-0.2, -0.15) is 0 Å². The average molecular weight is 585 g/mol. The lowest BCUT2D eigenvalue weighted by Crippen LogP contribution is -2.39. The molecule has 1 atom stereocenters. The Morgan fingerprint density at radius 3 is 2.68 bits per heavy atom. The first kappa shape index (κ1) is 22.5. The summed E-state index contributed by atoms with van der Waals surface area (Å²) in [4.78, 5) is 32.1. The second kappa shape index (κ2) is 9.15. The van der Waals surface area contributed by atoms with Gasteiger partial charge in [-0.05, 0) is 80.4 Å². The fraction of sp³-hybridized carbons (Fsp3) is 0.0800. The van der Waals surface area contributed by atoms with Gasteiger partial charge >= 0.3 is 0 Å². The largest absolute Gasteiger partial charge is 0.481 e. The molecule has 5 rings (SSSR count). The van der Waals surface area contributed by atoms with Crippen LogP contribution in [0.5, 0.6) is 5.75 Å². The normalized spacial score (nSPS) is 16.6. The number of pyridine rings is 1. The molecule has 6 nitrogen and oxygen atoms in total. The van der Waals surface area contributed by atoms with E-state index in [4.69, 9.17) is 4.74 Å². The highest BCUT2D eigenvalue weighted by Gasteiger charge is 2.35. The molecule has 0 radical (unpaired) electrons. The summed E-state index contributed by atoms with van der Waals surface area (Å²) in [5, 5.41) is 2.85. The third kappa shape index (κ3) is 4.28. The van der Waals surface area contributed by atoms with Gasteiger partial charge in [0.1, 0.15) is 17.7 Å². The minimum Gasteiger partial charge on any atom is -0.481 e. The maximum Gasteiger partial charge on any atom is 0.251 e. The lowest BCUT2D eigenvalue weighted by molar-refractivity contribution is 0.0950. The zero-order chi connectivity index (χ0) is 23.8. The topological polar surface area (TPSA) is 71.5 Å². The first-order valence-corrected chi connectivity index (χ1v) is 11.9. The van der Waals surface area contributed by atoms with E-state index in [1.165, 1.54) is 24.3 Å². The third-order valence-electron chi connectivity index (χ3n) is 5.43. The molecule has 1 aromatic heterocycles. The van der Waals surface area contributed by atoms with Crippen LogP contribution in [0.1, 0.15) is 20.7 Å². The Morgan fingerprint density at radius 2 is 1.91 bits per heavy atom. The Hall–Kier alpha value is -3.30. The van der Waals surface area contributed by atoms with Crippen LogP contribution in [0, 0.1) is 5.82 Å². The summed E-state index contributed by atoms with van der Waals surface area (Å²) < 4.78 is 20.8. The van der Waals surface area contributed by atoms with E-state index in [0.29, 0.717) is 38.4 Å². The molecule has 0 spiro atoms. The fourth-order valence-electron chi connectivity index (χ4n) is 3.77. The molecule has 1 N–H and O–H groups in total. The number of carbonyl (C=O) groups excluding carboxylic acids is 2. The van der Waals surface area contributed by atoms with Crippen molar-refractivity contribution >= 4 is 49.4 Å². The van der Waals surface area contributed by atoms with Crippen molar-refractivity contribution < 1.29 is 18.7 Å². The van der Waals surface area contributed by atoms with Crippen molar-refractivity contribution in [1.82, 2.24) is 10.3 Å². The maximum atomic E-state index is 13.2. The van der Waals surface area contributed by atoms with Gasteiger partial charge in [-0.3, -0.25) is 9.59 Å². The van der Waals surface area contributed by atoms with E-state index in [1.807, 2.05) is 12.1 Å². The number of ketones is 1. The number of fused-ring (bicyclic) bond motifs is 2. The lowest BCUT2D eigenvalue weighted by Gasteiger charge is -2.34. The Labute approximate surface area is 211 Å². The Bertz CT molecular complexity index is 1370. The van der Waals surface area contributed by atoms with Crippen LogP contribution in [0.25, 0.3) is 0 Å². The maximum absolute atomic E-state index is 13.2. The first-order chi connectivity index (χ1) is 16.4. The molecule has 0 fully saturated rings. The molecule has 2 aliphatic heterocycles. The van der Waals surface area contributed by atoms with Crippen LogP contribution in [-0.4, -0.2) is 29.3 Å². The van der Waals surface area contributed by atoms with Gasteiger partial charge in [-0.15, -0.1) is 0 Å². The van der Waals surface area contributed by atoms with Gasteiger partial charge in [0.2, 0.25) is 0 Å². The molecule has 3 heterocycles. The molecule has 9 heteroatoms. The van der Waals surface area contributed by atoms with Crippen LogP contribution in [-0.2, 0) is 0 Å². The summed E-state index contributed by atoms with van der Waals surface area (Å²) in [6.45, 7) is 0.125. The summed E-state index contributed by atoms with van der Waals surface area (Å²) in [7, 11) is 0. The summed E-state index contributed by atoms with van der Waals surface area (Å²) in [5.74, 6) is 0.154. The first-order valence-electron chi connectivity index (χ1n) is 10.3. The van der Waals surface area contributed by atoms with Crippen LogP contribution in [0.4, 0.5) is 10.2 Å². The molecule has 1 amide bonds. The van der Waals surface area contributed by atoms with Crippen LogP contribution >= 0.6 is 31.9 Å². The van der Waals surface area contributed by atoms with Crippen molar-refractivity contribution in [3.05, 3.63) is 110 Å². The molecule has 2 aromatic carbocycles. The standard InChI is InChI=1S/C25H16Br2FN3O3/c26-15-9-20(27)24(29-11-15)31-13-19-22(34-21-4-2-1-3-18(21)23(19)32)10-17(31)12-30-25(33)14-5-7-16(28)8-6-14/h1-11,13,22H,12H2,(H,30,33)/t22-/m1/s1. The molecule has 34 heavy (non-hydrogen) atoms. The fourth-order valence-corrected chi connectivity index (χ4v) is 4.95. The Morgan fingerprint density at radius 1 is 1.15 bits per heavy atom. The molecule has 0 bridgehead atoms. The van der Waals surface area contributed by atoms with E-state index < -0.39 is 11.9 Å². The monoisotopic (exact) mass is 583 g/mol. The molecular formula is C25H16Br2FN3O3. The number of hydrogen-bond acceptors (Lipinski definition) is 5. The van der Waals surface area contributed by atoms with E-state index in [9.17, 15) is 14.0 Å². The molecule has 2 aliphatic rings. The molecule has 170 valence electrons. The van der Waals surface area contributed by atoms with E-state index >= 15 is 0 Å².